The van der Waals surface area contributed by atoms with E-state index in [1.54, 1.807) is 13.8 Å². The van der Waals surface area contributed by atoms with E-state index in [1.807, 2.05) is 13.8 Å². The summed E-state index contributed by atoms with van der Waals surface area (Å²) in [5, 5.41) is 39.4. The van der Waals surface area contributed by atoms with Crippen molar-refractivity contribution in [2.45, 2.75) is 134 Å². The van der Waals surface area contributed by atoms with Gasteiger partial charge in [-0.05, 0) is 76.7 Å². The van der Waals surface area contributed by atoms with Crippen molar-refractivity contribution in [3.05, 3.63) is 0 Å². The maximum Gasteiger partial charge on any atom is 0.328 e. The Bertz CT molecular complexity index is 1260. The number of amides is 6. The van der Waals surface area contributed by atoms with Crippen LogP contribution in [0, 0.1) is 11.8 Å². The van der Waals surface area contributed by atoms with E-state index in [4.69, 9.17) is 11.5 Å². The Hall–Kier alpha value is -3.87. The molecule has 2 fully saturated rings. The van der Waals surface area contributed by atoms with Crippen LogP contribution in [0.1, 0.15) is 86.0 Å². The van der Waals surface area contributed by atoms with Crippen LogP contribution in [-0.4, -0.2) is 141 Å². The van der Waals surface area contributed by atoms with Gasteiger partial charge in [0.05, 0.1) is 18.8 Å². The van der Waals surface area contributed by atoms with E-state index in [-0.39, 0.29) is 43.6 Å². The van der Waals surface area contributed by atoms with Crippen LogP contribution in [0.3, 0.4) is 0 Å². The average molecular weight is 741 g/mol. The van der Waals surface area contributed by atoms with Crippen LogP contribution >= 0.6 is 0 Å². The molecule has 2 saturated heterocycles. The molecule has 0 saturated carbocycles. The predicted octanol–water partition coefficient (Wildman–Crippen LogP) is -2.48. The number of carboxylic acids is 1. The molecule has 0 aromatic heterocycles. The van der Waals surface area contributed by atoms with Crippen LogP contribution < -0.4 is 32.7 Å². The van der Waals surface area contributed by atoms with Crippen molar-refractivity contribution in [2.75, 3.05) is 26.2 Å². The zero-order valence-corrected chi connectivity index (χ0v) is 31.0. The summed E-state index contributed by atoms with van der Waals surface area (Å²) in [6.07, 6.45) is 1.44. The topological polar surface area (TPSA) is 287 Å². The Kier molecular flexibility index (Phi) is 17.9. The molecule has 8 atom stereocenters. The molecule has 0 aromatic rings. The molecule has 2 rings (SSSR count). The molecule has 0 bridgehead atoms. The minimum Gasteiger partial charge on any atom is -0.480 e. The van der Waals surface area contributed by atoms with E-state index in [0.29, 0.717) is 45.2 Å². The summed E-state index contributed by atoms with van der Waals surface area (Å²) in [7, 11) is 0. The number of unbranched alkanes of at least 4 members (excludes halogenated alkanes) is 1. The highest BCUT2D eigenvalue weighted by atomic mass is 16.4. The largest absolute Gasteiger partial charge is 0.480 e. The van der Waals surface area contributed by atoms with Crippen LogP contribution in [0.15, 0.2) is 0 Å². The Morgan fingerprint density at radius 2 is 1.27 bits per heavy atom. The Morgan fingerprint density at radius 3 is 1.75 bits per heavy atom. The molecular weight excluding hydrogens is 680 g/mol. The molecule has 0 spiro atoms. The van der Waals surface area contributed by atoms with Gasteiger partial charge in [0.25, 0.3) is 0 Å². The van der Waals surface area contributed by atoms with Gasteiger partial charge in [0, 0.05) is 13.1 Å². The van der Waals surface area contributed by atoms with Gasteiger partial charge in [-0.15, -0.1) is 0 Å². The molecule has 2 aliphatic heterocycles. The summed E-state index contributed by atoms with van der Waals surface area (Å²) in [6, 6.07) is -8.06. The van der Waals surface area contributed by atoms with Crippen LogP contribution in [0.25, 0.3) is 0 Å². The normalized spacial score (nSPS) is 20.8. The SMILES string of the molecule is CC(C)C[C@H](NC(=O)[C@H](CCCCN)NC(=O)[C@H](CO)NC(=O)[C@@H]1CCCN1C(=O)[C@@H](N)C(C)C)C(=O)N1CCC[C@H]1C(=O)N[C@H](C(=O)O)[C@@H](C)O. The number of carboxylic acid groups (broad SMARTS) is 1. The molecular formula is C34H60N8O10. The van der Waals surface area contributed by atoms with Crippen molar-refractivity contribution in [3.63, 3.8) is 0 Å². The lowest BCUT2D eigenvalue weighted by Crippen LogP contribution is -2.60. The monoisotopic (exact) mass is 740 g/mol. The van der Waals surface area contributed by atoms with Crippen LogP contribution in [0.2, 0.25) is 0 Å². The molecule has 6 amide bonds. The second-order valence-corrected chi connectivity index (χ2v) is 14.5. The summed E-state index contributed by atoms with van der Waals surface area (Å²) >= 11 is 0. The zero-order valence-electron chi connectivity index (χ0n) is 31.0. The van der Waals surface area contributed by atoms with Crippen molar-refractivity contribution in [2.24, 2.45) is 23.3 Å². The van der Waals surface area contributed by atoms with Gasteiger partial charge in [-0.1, -0.05) is 27.7 Å². The Labute approximate surface area is 305 Å². The summed E-state index contributed by atoms with van der Waals surface area (Å²) in [4.78, 5) is 94.6. The predicted molar refractivity (Wildman–Crippen MR) is 189 cm³/mol. The van der Waals surface area contributed by atoms with Crippen molar-refractivity contribution in [1.82, 2.24) is 31.1 Å². The molecule has 2 aliphatic rings. The van der Waals surface area contributed by atoms with Crippen molar-refractivity contribution >= 4 is 41.4 Å². The van der Waals surface area contributed by atoms with Crippen molar-refractivity contribution in [3.8, 4) is 0 Å². The standard InChI is InChI=1S/C34H60N8O10/c1-18(2)16-22(32(49)41-14-8-12-25(41)31(48)40-27(20(5)44)34(51)52)38-28(45)21(10-6-7-13-35)37-29(46)23(17-43)39-30(47)24-11-9-15-42(24)33(50)26(36)19(3)4/h18-27,43-44H,6-17,35-36H2,1-5H3,(H,37,46)(H,38,45)(H,39,47)(H,40,48)(H,51,52)/t20-,21+,22+,23+,24+,25+,26+,27+/m1/s1. The highest BCUT2D eigenvalue weighted by Crippen LogP contribution is 2.22. The number of carbonyl (C=O) groups is 7. The van der Waals surface area contributed by atoms with Crippen molar-refractivity contribution in [1.29, 1.82) is 0 Å². The number of hydrogen-bond acceptors (Lipinski definition) is 11. The molecule has 18 nitrogen and oxygen atoms in total. The molecule has 18 heteroatoms. The van der Waals surface area contributed by atoms with E-state index in [9.17, 15) is 48.9 Å². The number of likely N-dealkylation sites (tertiary alicyclic amines) is 2. The van der Waals surface area contributed by atoms with Gasteiger partial charge in [-0.2, -0.15) is 0 Å². The first-order chi connectivity index (χ1) is 24.4. The lowest BCUT2D eigenvalue weighted by atomic mass is 10.0. The summed E-state index contributed by atoms with van der Waals surface area (Å²) in [6.45, 7) is 8.50. The lowest BCUT2D eigenvalue weighted by molar-refractivity contribution is -0.147. The number of nitrogens with zero attached hydrogens (tertiary/aromatic N) is 2. The number of rotatable bonds is 20. The van der Waals surface area contributed by atoms with Crippen LogP contribution in [-0.2, 0) is 33.6 Å². The van der Waals surface area contributed by atoms with E-state index in [2.05, 4.69) is 21.3 Å². The molecule has 0 unspecified atom stereocenters. The number of carbonyl (C=O) groups excluding carboxylic acids is 6. The number of nitrogens with two attached hydrogens (primary N) is 2. The molecule has 0 aromatic carbocycles. The third-order valence-corrected chi connectivity index (χ3v) is 9.44. The highest BCUT2D eigenvalue weighted by molar-refractivity contribution is 5.97. The average Bonchev–Trinajstić information content (AvgIpc) is 3.78. The molecule has 2 heterocycles. The maximum absolute atomic E-state index is 13.9. The smallest absolute Gasteiger partial charge is 0.328 e. The van der Waals surface area contributed by atoms with E-state index < -0.39 is 90.5 Å². The van der Waals surface area contributed by atoms with E-state index in [0.717, 1.165) is 0 Å². The second-order valence-electron chi connectivity index (χ2n) is 14.5. The summed E-state index contributed by atoms with van der Waals surface area (Å²) < 4.78 is 0. The van der Waals surface area contributed by atoms with Gasteiger partial charge in [-0.25, -0.2) is 4.79 Å². The maximum atomic E-state index is 13.9. The Balaban J connectivity index is 2.22. The van der Waals surface area contributed by atoms with Crippen LogP contribution in [0.5, 0.6) is 0 Å². The van der Waals surface area contributed by atoms with Gasteiger partial charge in [0.1, 0.15) is 30.2 Å². The first kappa shape index (κ1) is 44.3. The quantitative estimate of drug-likeness (QED) is 0.0587. The number of aliphatic carboxylic acids is 1. The first-order valence-electron chi connectivity index (χ1n) is 18.2. The van der Waals surface area contributed by atoms with E-state index >= 15 is 0 Å². The zero-order chi connectivity index (χ0) is 39.3. The number of aliphatic hydroxyl groups excluding tert-OH is 2. The summed E-state index contributed by atoms with van der Waals surface area (Å²) in [5.74, 6) is -5.58. The first-order valence-corrected chi connectivity index (χ1v) is 18.2. The number of aliphatic hydroxyl groups is 2. The third kappa shape index (κ3) is 12.4. The third-order valence-electron chi connectivity index (χ3n) is 9.44. The molecule has 296 valence electrons. The fourth-order valence-corrected chi connectivity index (χ4v) is 6.38. The fraction of sp³-hybridized carbons (Fsp3) is 0.794. The van der Waals surface area contributed by atoms with Gasteiger partial charge in [-0.3, -0.25) is 28.8 Å². The number of nitrogens with one attached hydrogen (secondary N) is 4. The van der Waals surface area contributed by atoms with Crippen LogP contribution in [0.4, 0.5) is 0 Å². The molecule has 0 radical (unpaired) electrons. The van der Waals surface area contributed by atoms with Gasteiger partial charge >= 0.3 is 5.97 Å². The van der Waals surface area contributed by atoms with Gasteiger partial charge in [0.2, 0.25) is 35.4 Å². The highest BCUT2D eigenvalue weighted by Gasteiger charge is 2.41. The van der Waals surface area contributed by atoms with Crippen molar-refractivity contribution < 1.29 is 48.9 Å². The Morgan fingerprint density at radius 1 is 0.750 bits per heavy atom. The lowest BCUT2D eigenvalue weighted by Gasteiger charge is -2.31. The second kappa shape index (κ2) is 21.0. The number of hydrogen-bond donors (Lipinski definition) is 9. The molecule has 11 N–H and O–H groups in total. The van der Waals surface area contributed by atoms with Gasteiger partial charge < -0.3 is 57.9 Å². The minimum absolute atomic E-state index is 0.0906. The fourth-order valence-electron chi connectivity index (χ4n) is 6.38. The minimum atomic E-state index is -1.58. The molecule has 52 heavy (non-hydrogen) atoms. The molecule has 0 aliphatic carbocycles. The summed E-state index contributed by atoms with van der Waals surface area (Å²) in [5.41, 5.74) is 11.7. The van der Waals surface area contributed by atoms with E-state index in [1.165, 1.54) is 16.7 Å². The van der Waals surface area contributed by atoms with Gasteiger partial charge in [0.15, 0.2) is 6.04 Å².